The number of hydrogen-bond acceptors (Lipinski definition) is 6. The number of aromatic nitrogens is 3. The molecule has 172 valence electrons. The van der Waals surface area contributed by atoms with Gasteiger partial charge in [-0.15, -0.1) is 13.2 Å². The van der Waals surface area contributed by atoms with Gasteiger partial charge in [-0.1, -0.05) is 12.1 Å². The molecule has 0 fully saturated rings. The van der Waals surface area contributed by atoms with Crippen molar-refractivity contribution in [1.29, 1.82) is 0 Å². The molecular formula is C23H15F4N5O2. The lowest BCUT2D eigenvalue weighted by atomic mass is 10.1. The first-order chi connectivity index (χ1) is 16.3. The minimum Gasteiger partial charge on any atom is -0.406 e. The smallest absolute Gasteiger partial charge is 0.406 e. The highest BCUT2D eigenvalue weighted by atomic mass is 19.4. The number of benzene rings is 2. The lowest BCUT2D eigenvalue weighted by Crippen LogP contribution is -2.17. The van der Waals surface area contributed by atoms with E-state index in [9.17, 15) is 22.4 Å². The Bertz CT molecular complexity index is 1300. The van der Waals surface area contributed by atoms with Gasteiger partial charge in [0, 0.05) is 23.6 Å². The second-order valence-corrected chi connectivity index (χ2v) is 6.84. The van der Waals surface area contributed by atoms with E-state index in [0.717, 1.165) is 12.1 Å². The summed E-state index contributed by atoms with van der Waals surface area (Å²) in [6.07, 6.45) is -0.423. The predicted molar refractivity (Wildman–Crippen MR) is 116 cm³/mol. The fraction of sp³-hybridized carbons (Fsp3) is 0.0435. The van der Waals surface area contributed by atoms with Crippen LogP contribution in [0.4, 0.5) is 34.9 Å². The average molecular weight is 469 g/mol. The Balaban J connectivity index is 1.48. The number of hydrogen-bond donors (Lipinski definition) is 2. The molecule has 34 heavy (non-hydrogen) atoms. The van der Waals surface area contributed by atoms with Gasteiger partial charge in [0.15, 0.2) is 0 Å². The number of alkyl halides is 3. The molecule has 11 heteroatoms. The summed E-state index contributed by atoms with van der Waals surface area (Å²) in [4.78, 5) is 25.0. The first kappa shape index (κ1) is 22.6. The fourth-order valence-electron chi connectivity index (χ4n) is 2.98. The van der Waals surface area contributed by atoms with Crippen LogP contribution in [0.1, 0.15) is 10.5 Å². The summed E-state index contributed by atoms with van der Waals surface area (Å²) in [7, 11) is 0. The Morgan fingerprint density at radius 2 is 1.65 bits per heavy atom. The van der Waals surface area contributed by atoms with E-state index in [0.29, 0.717) is 22.5 Å². The number of ether oxygens (including phenoxy) is 1. The van der Waals surface area contributed by atoms with E-state index in [1.165, 1.54) is 42.7 Å². The Hall–Kier alpha value is -4.54. The van der Waals surface area contributed by atoms with E-state index < -0.39 is 12.3 Å². The van der Waals surface area contributed by atoms with Crippen molar-refractivity contribution < 1.29 is 27.1 Å². The third-order valence-electron chi connectivity index (χ3n) is 4.46. The number of carbonyl (C=O) groups excluding carboxylic acids is 1. The van der Waals surface area contributed by atoms with E-state index in [1.54, 1.807) is 24.4 Å². The van der Waals surface area contributed by atoms with Crippen LogP contribution in [-0.2, 0) is 0 Å². The third-order valence-corrected chi connectivity index (χ3v) is 4.46. The van der Waals surface area contributed by atoms with Crippen molar-refractivity contribution in [3.8, 4) is 16.9 Å². The zero-order valence-electron chi connectivity index (χ0n) is 17.2. The van der Waals surface area contributed by atoms with Crippen LogP contribution in [0.2, 0.25) is 0 Å². The van der Waals surface area contributed by atoms with E-state index in [1.807, 2.05) is 0 Å². The maximum atomic E-state index is 13.3. The number of rotatable bonds is 6. The van der Waals surface area contributed by atoms with Crippen molar-refractivity contribution in [3.63, 3.8) is 0 Å². The molecular weight excluding hydrogens is 454 g/mol. The van der Waals surface area contributed by atoms with Crippen molar-refractivity contribution in [3.05, 3.63) is 90.8 Å². The Kier molecular flexibility index (Phi) is 6.35. The van der Waals surface area contributed by atoms with Gasteiger partial charge in [0.25, 0.3) is 5.91 Å². The van der Waals surface area contributed by atoms with Crippen LogP contribution in [0.25, 0.3) is 11.1 Å². The molecule has 0 aliphatic carbocycles. The van der Waals surface area contributed by atoms with Gasteiger partial charge in [0.05, 0.1) is 11.9 Å². The number of amides is 1. The van der Waals surface area contributed by atoms with E-state index in [4.69, 9.17) is 0 Å². The van der Waals surface area contributed by atoms with Crippen molar-refractivity contribution in [2.45, 2.75) is 6.36 Å². The molecule has 0 unspecified atom stereocenters. The van der Waals surface area contributed by atoms with Gasteiger partial charge >= 0.3 is 6.36 Å². The number of carbonyl (C=O) groups is 1. The molecule has 0 radical (unpaired) electrons. The Labute approximate surface area is 190 Å². The summed E-state index contributed by atoms with van der Waals surface area (Å²) in [6, 6.07) is 13.8. The second-order valence-electron chi connectivity index (χ2n) is 6.84. The first-order valence-corrected chi connectivity index (χ1v) is 9.74. The molecule has 0 aliphatic heterocycles. The van der Waals surface area contributed by atoms with Crippen LogP contribution in [0, 0.1) is 5.82 Å². The SMILES string of the molecule is O=C(Nc1cnccc1-c1ccc(F)cc1)c1ccnc(Nc2ccc(OC(F)(F)F)cc2)n1. The Morgan fingerprint density at radius 3 is 2.35 bits per heavy atom. The van der Waals surface area contributed by atoms with Crippen LogP contribution in [0.3, 0.4) is 0 Å². The van der Waals surface area contributed by atoms with E-state index in [2.05, 4.69) is 30.3 Å². The molecule has 4 rings (SSSR count). The van der Waals surface area contributed by atoms with Gasteiger partial charge in [-0.2, -0.15) is 0 Å². The number of anilines is 3. The van der Waals surface area contributed by atoms with Crippen molar-refractivity contribution in [2.24, 2.45) is 0 Å². The molecule has 4 aromatic rings. The molecule has 0 saturated heterocycles. The van der Waals surface area contributed by atoms with Gasteiger partial charge in [-0.25, -0.2) is 14.4 Å². The van der Waals surface area contributed by atoms with Crippen LogP contribution in [-0.4, -0.2) is 27.2 Å². The molecule has 1 amide bonds. The molecule has 0 bridgehead atoms. The summed E-state index contributed by atoms with van der Waals surface area (Å²) in [6.45, 7) is 0. The quantitative estimate of drug-likeness (QED) is 0.359. The van der Waals surface area contributed by atoms with Gasteiger partial charge in [0.1, 0.15) is 17.3 Å². The van der Waals surface area contributed by atoms with Crippen molar-refractivity contribution in [2.75, 3.05) is 10.6 Å². The number of nitrogens with zero attached hydrogens (tertiary/aromatic N) is 3. The number of pyridine rings is 1. The highest BCUT2D eigenvalue weighted by Gasteiger charge is 2.30. The predicted octanol–water partition coefficient (Wildman–Crippen LogP) is 5.57. The molecule has 2 aromatic carbocycles. The standard InChI is InChI=1S/C23H15F4N5O2/c24-15-3-1-14(2-4-15)18-9-11-28-13-20(18)31-21(33)19-10-12-29-22(32-19)30-16-5-7-17(8-6-16)34-23(25,26)27/h1-13H,(H,31,33)(H,29,30,32). The second kappa shape index (κ2) is 9.53. The van der Waals surface area contributed by atoms with Gasteiger partial charge in [-0.3, -0.25) is 9.78 Å². The average Bonchev–Trinajstić information content (AvgIpc) is 2.81. The zero-order chi connectivity index (χ0) is 24.1. The summed E-state index contributed by atoms with van der Waals surface area (Å²) in [5, 5.41) is 5.53. The Morgan fingerprint density at radius 1 is 0.912 bits per heavy atom. The highest BCUT2D eigenvalue weighted by Crippen LogP contribution is 2.28. The number of halogens is 4. The molecule has 0 saturated carbocycles. The largest absolute Gasteiger partial charge is 0.573 e. The molecule has 0 aliphatic rings. The van der Waals surface area contributed by atoms with Crippen molar-refractivity contribution in [1.82, 2.24) is 15.0 Å². The highest BCUT2D eigenvalue weighted by molar-refractivity contribution is 6.05. The maximum absolute atomic E-state index is 13.3. The number of nitrogens with one attached hydrogen (secondary N) is 2. The van der Waals surface area contributed by atoms with Gasteiger partial charge < -0.3 is 15.4 Å². The van der Waals surface area contributed by atoms with Crippen LogP contribution < -0.4 is 15.4 Å². The van der Waals surface area contributed by atoms with E-state index in [-0.39, 0.29) is 23.2 Å². The minimum atomic E-state index is -4.79. The molecule has 2 aromatic heterocycles. The molecule has 0 atom stereocenters. The normalized spacial score (nSPS) is 11.1. The van der Waals surface area contributed by atoms with E-state index >= 15 is 0 Å². The molecule has 0 spiro atoms. The lowest BCUT2D eigenvalue weighted by Gasteiger charge is -2.12. The summed E-state index contributed by atoms with van der Waals surface area (Å²) in [5.74, 6) is -1.25. The molecule has 7 nitrogen and oxygen atoms in total. The zero-order valence-corrected chi connectivity index (χ0v) is 17.2. The summed E-state index contributed by atoms with van der Waals surface area (Å²) < 4.78 is 53.9. The van der Waals surface area contributed by atoms with Crippen molar-refractivity contribution >= 4 is 23.2 Å². The van der Waals surface area contributed by atoms with Gasteiger partial charge in [0.2, 0.25) is 5.95 Å². The third kappa shape index (κ3) is 5.82. The fourth-order valence-corrected chi connectivity index (χ4v) is 2.98. The lowest BCUT2D eigenvalue weighted by molar-refractivity contribution is -0.274. The summed E-state index contributed by atoms with van der Waals surface area (Å²) >= 11 is 0. The topological polar surface area (TPSA) is 89.0 Å². The molecule has 2 heterocycles. The van der Waals surface area contributed by atoms with Crippen LogP contribution in [0.5, 0.6) is 5.75 Å². The van der Waals surface area contributed by atoms with Crippen LogP contribution >= 0.6 is 0 Å². The first-order valence-electron chi connectivity index (χ1n) is 9.74. The minimum absolute atomic E-state index is 0.0310. The summed E-state index contributed by atoms with van der Waals surface area (Å²) in [5.41, 5.74) is 2.13. The monoisotopic (exact) mass is 469 g/mol. The maximum Gasteiger partial charge on any atom is 0.573 e. The molecule has 2 N–H and O–H groups in total. The van der Waals surface area contributed by atoms with Crippen LogP contribution in [0.15, 0.2) is 79.3 Å². The van der Waals surface area contributed by atoms with Gasteiger partial charge in [-0.05, 0) is 54.1 Å².